The number of benzene rings is 3. The lowest BCUT2D eigenvalue weighted by Gasteiger charge is -2.35. The summed E-state index contributed by atoms with van der Waals surface area (Å²) >= 11 is 6.57. The maximum Gasteiger partial charge on any atom is 0.410 e. The van der Waals surface area contributed by atoms with E-state index in [2.05, 4.69) is 0 Å². The topological polar surface area (TPSA) is 68.3 Å². The van der Waals surface area contributed by atoms with E-state index in [1.807, 2.05) is 86.3 Å². The van der Waals surface area contributed by atoms with Gasteiger partial charge in [-0.1, -0.05) is 72.3 Å². The van der Waals surface area contributed by atoms with Gasteiger partial charge in [0, 0.05) is 32.2 Å². The minimum absolute atomic E-state index is 0.111. The zero-order chi connectivity index (χ0) is 27.8. The average Bonchev–Trinajstić information content (AvgIpc) is 2.92. The summed E-state index contributed by atoms with van der Waals surface area (Å²) in [7, 11) is 0. The molecule has 0 aromatic heterocycles. The van der Waals surface area contributed by atoms with Crippen LogP contribution in [-0.4, -0.2) is 60.0 Å². The molecule has 39 heavy (non-hydrogen) atoms. The number of piperazine rings is 1. The maximum absolute atomic E-state index is 13.5. The van der Waals surface area contributed by atoms with Gasteiger partial charge in [-0.25, -0.2) is 4.79 Å². The van der Waals surface area contributed by atoms with Gasteiger partial charge in [-0.15, -0.1) is 0 Å². The highest BCUT2D eigenvalue weighted by Gasteiger charge is 2.27. The van der Waals surface area contributed by atoms with Crippen LogP contribution < -0.4 is 9.47 Å². The second-order valence-corrected chi connectivity index (χ2v) is 10.9. The molecule has 0 unspecified atom stereocenters. The zero-order valence-corrected chi connectivity index (χ0v) is 23.4. The van der Waals surface area contributed by atoms with Crippen molar-refractivity contribution in [1.29, 1.82) is 0 Å². The highest BCUT2D eigenvalue weighted by molar-refractivity contribution is 6.32. The van der Waals surface area contributed by atoms with Gasteiger partial charge < -0.3 is 19.1 Å². The molecular formula is C31H35ClN2O5. The van der Waals surface area contributed by atoms with Crippen molar-refractivity contribution in [2.24, 2.45) is 0 Å². The van der Waals surface area contributed by atoms with Gasteiger partial charge in [-0.2, -0.15) is 0 Å². The molecular weight excluding hydrogens is 516 g/mol. The fraction of sp³-hybridized carbons (Fsp3) is 0.355. The SMILES string of the molecule is CC(C)(C)OC(=O)N1CCN(CC(=O)c2cc(Cl)c(OCc3ccccc3)cc2OCc2ccccc2)CC1. The van der Waals surface area contributed by atoms with Crippen LogP contribution in [0.1, 0.15) is 42.3 Å². The van der Waals surface area contributed by atoms with Crippen molar-refractivity contribution >= 4 is 23.5 Å². The van der Waals surface area contributed by atoms with Crippen molar-refractivity contribution in [2.75, 3.05) is 32.7 Å². The first-order chi connectivity index (χ1) is 18.7. The Morgan fingerprint density at radius 2 is 1.33 bits per heavy atom. The fourth-order valence-corrected chi connectivity index (χ4v) is 4.37. The second-order valence-electron chi connectivity index (χ2n) is 10.5. The van der Waals surface area contributed by atoms with Crippen molar-refractivity contribution in [1.82, 2.24) is 9.80 Å². The van der Waals surface area contributed by atoms with E-state index >= 15 is 0 Å². The first-order valence-electron chi connectivity index (χ1n) is 13.1. The molecule has 1 heterocycles. The Morgan fingerprint density at radius 1 is 0.795 bits per heavy atom. The number of ketones is 1. The summed E-state index contributed by atoms with van der Waals surface area (Å²) in [5.74, 6) is 0.759. The number of nitrogens with zero attached hydrogens (tertiary/aromatic N) is 2. The van der Waals surface area contributed by atoms with Crippen molar-refractivity contribution in [3.8, 4) is 11.5 Å². The van der Waals surface area contributed by atoms with E-state index in [-0.39, 0.29) is 18.4 Å². The van der Waals surface area contributed by atoms with E-state index in [1.54, 1.807) is 17.0 Å². The molecule has 1 fully saturated rings. The van der Waals surface area contributed by atoms with Gasteiger partial charge in [0.25, 0.3) is 0 Å². The summed E-state index contributed by atoms with van der Waals surface area (Å²) in [6, 6.07) is 22.9. The molecule has 1 aliphatic heterocycles. The van der Waals surface area contributed by atoms with Crippen LogP contribution in [0.4, 0.5) is 4.79 Å². The third-order valence-electron chi connectivity index (χ3n) is 6.20. The number of carbonyl (C=O) groups is 2. The zero-order valence-electron chi connectivity index (χ0n) is 22.7. The number of hydrogen-bond donors (Lipinski definition) is 0. The first-order valence-corrected chi connectivity index (χ1v) is 13.5. The highest BCUT2D eigenvalue weighted by Crippen LogP contribution is 2.34. The van der Waals surface area contributed by atoms with E-state index in [9.17, 15) is 9.59 Å². The van der Waals surface area contributed by atoms with Crippen LogP contribution in [0.25, 0.3) is 0 Å². The van der Waals surface area contributed by atoms with Gasteiger partial charge in [0.05, 0.1) is 17.1 Å². The first kappa shape index (κ1) is 28.5. The molecule has 0 radical (unpaired) electrons. The molecule has 0 N–H and O–H groups in total. The summed E-state index contributed by atoms with van der Waals surface area (Å²) in [5, 5.41) is 0.344. The van der Waals surface area contributed by atoms with E-state index in [0.717, 1.165) is 11.1 Å². The van der Waals surface area contributed by atoms with Crippen LogP contribution in [0.2, 0.25) is 5.02 Å². The van der Waals surface area contributed by atoms with E-state index < -0.39 is 5.60 Å². The van der Waals surface area contributed by atoms with Crippen LogP contribution in [0.3, 0.4) is 0 Å². The molecule has 1 aliphatic rings. The lowest BCUT2D eigenvalue weighted by Crippen LogP contribution is -2.51. The lowest BCUT2D eigenvalue weighted by molar-refractivity contribution is 0.0149. The standard InChI is InChI=1S/C31H35ClN2O5/c1-31(2,3)39-30(36)34-16-14-33(15-17-34)20-27(35)25-18-26(32)29(38-22-24-12-8-5-9-13-24)19-28(25)37-21-23-10-6-4-7-11-23/h4-13,18-19H,14-17,20-22H2,1-3H3. The summed E-state index contributed by atoms with van der Waals surface area (Å²) in [6.07, 6.45) is -0.331. The molecule has 1 amide bonds. The van der Waals surface area contributed by atoms with Crippen LogP contribution in [0, 0.1) is 0 Å². The summed E-state index contributed by atoms with van der Waals surface area (Å²) in [5.41, 5.74) is 1.84. The Kier molecular flexibility index (Phi) is 9.49. The monoisotopic (exact) mass is 550 g/mol. The van der Waals surface area contributed by atoms with Crippen LogP contribution in [0.5, 0.6) is 11.5 Å². The Bertz CT molecular complexity index is 1250. The van der Waals surface area contributed by atoms with E-state index in [0.29, 0.717) is 61.5 Å². The molecule has 4 rings (SSSR count). The van der Waals surface area contributed by atoms with Crippen molar-refractivity contribution in [3.05, 3.63) is 94.5 Å². The molecule has 0 bridgehead atoms. The molecule has 0 saturated carbocycles. The Morgan fingerprint density at radius 3 is 1.87 bits per heavy atom. The predicted molar refractivity (Wildman–Crippen MR) is 152 cm³/mol. The summed E-state index contributed by atoms with van der Waals surface area (Å²) in [4.78, 5) is 29.6. The van der Waals surface area contributed by atoms with Gasteiger partial charge in [-0.3, -0.25) is 9.69 Å². The number of rotatable bonds is 9. The molecule has 7 nitrogen and oxygen atoms in total. The second kappa shape index (κ2) is 13.0. The molecule has 3 aromatic rings. The number of halogens is 1. The van der Waals surface area contributed by atoms with Gasteiger partial charge in [0.2, 0.25) is 0 Å². The molecule has 8 heteroatoms. The van der Waals surface area contributed by atoms with Crippen LogP contribution >= 0.6 is 11.6 Å². The smallest absolute Gasteiger partial charge is 0.410 e. The van der Waals surface area contributed by atoms with Crippen molar-refractivity contribution < 1.29 is 23.8 Å². The molecule has 0 atom stereocenters. The van der Waals surface area contributed by atoms with Gasteiger partial charge in [-0.05, 0) is 38.0 Å². The van der Waals surface area contributed by atoms with E-state index in [1.165, 1.54) is 0 Å². The normalized spacial score (nSPS) is 14.1. The summed E-state index contributed by atoms with van der Waals surface area (Å²) in [6.45, 7) is 8.49. The van der Waals surface area contributed by atoms with Crippen molar-refractivity contribution in [2.45, 2.75) is 39.6 Å². The van der Waals surface area contributed by atoms with Crippen molar-refractivity contribution in [3.63, 3.8) is 0 Å². The molecule has 206 valence electrons. The van der Waals surface area contributed by atoms with Gasteiger partial charge in [0.1, 0.15) is 30.3 Å². The third-order valence-corrected chi connectivity index (χ3v) is 6.50. The lowest BCUT2D eigenvalue weighted by atomic mass is 10.1. The number of hydrogen-bond acceptors (Lipinski definition) is 6. The molecule has 1 saturated heterocycles. The van der Waals surface area contributed by atoms with Crippen LogP contribution in [0.15, 0.2) is 72.8 Å². The minimum atomic E-state index is -0.545. The highest BCUT2D eigenvalue weighted by atomic mass is 35.5. The average molecular weight is 551 g/mol. The Labute approximate surface area is 235 Å². The fourth-order valence-electron chi connectivity index (χ4n) is 4.16. The molecule has 0 aliphatic carbocycles. The predicted octanol–water partition coefficient (Wildman–Crippen LogP) is 6.23. The number of ether oxygens (including phenoxy) is 3. The van der Waals surface area contributed by atoms with Crippen LogP contribution in [-0.2, 0) is 18.0 Å². The Balaban J connectivity index is 1.45. The quantitative estimate of drug-likeness (QED) is 0.294. The number of carbonyl (C=O) groups excluding carboxylic acids is 2. The summed E-state index contributed by atoms with van der Waals surface area (Å²) < 4.78 is 17.6. The van der Waals surface area contributed by atoms with E-state index in [4.69, 9.17) is 25.8 Å². The van der Waals surface area contributed by atoms with Gasteiger partial charge >= 0.3 is 6.09 Å². The third kappa shape index (κ3) is 8.47. The van der Waals surface area contributed by atoms with Gasteiger partial charge in [0.15, 0.2) is 5.78 Å². The Hall–Kier alpha value is -3.55. The minimum Gasteiger partial charge on any atom is -0.488 e. The maximum atomic E-state index is 13.5. The number of Topliss-reactive ketones (excluding diaryl/α,β-unsaturated/α-hetero) is 1. The largest absolute Gasteiger partial charge is 0.488 e. The number of amides is 1. The molecule has 3 aromatic carbocycles. The molecule has 0 spiro atoms.